The van der Waals surface area contributed by atoms with E-state index < -0.39 is 0 Å². The third-order valence-electron chi connectivity index (χ3n) is 3.55. The third-order valence-corrected chi connectivity index (χ3v) is 3.55. The van der Waals surface area contributed by atoms with E-state index in [-0.39, 0.29) is 5.91 Å². The van der Waals surface area contributed by atoms with Crippen molar-refractivity contribution in [2.75, 3.05) is 13.7 Å². The number of ether oxygens (including phenoxy) is 1. The first kappa shape index (κ1) is 12.9. The first-order chi connectivity index (χ1) is 9.79. The molecule has 2 aromatic rings. The van der Waals surface area contributed by atoms with Crippen LogP contribution in [-0.4, -0.2) is 29.4 Å². The standard InChI is InChI=1S/C15H16N2O3/c1-19-10-12-8-16-7-11-9-17(5-4-13(11)12)15(18)14-3-2-6-20-14/h2-3,6-8H,4-5,9-10H2,1H3. The molecule has 0 saturated heterocycles. The summed E-state index contributed by atoms with van der Waals surface area (Å²) in [4.78, 5) is 18.3. The summed E-state index contributed by atoms with van der Waals surface area (Å²) >= 11 is 0. The summed E-state index contributed by atoms with van der Waals surface area (Å²) in [5, 5.41) is 0. The Labute approximate surface area is 117 Å². The van der Waals surface area contributed by atoms with E-state index in [1.807, 2.05) is 12.4 Å². The first-order valence-corrected chi connectivity index (χ1v) is 6.56. The van der Waals surface area contributed by atoms with Gasteiger partial charge in [-0.15, -0.1) is 0 Å². The molecule has 3 rings (SSSR count). The fraction of sp³-hybridized carbons (Fsp3) is 0.333. The number of furan rings is 1. The van der Waals surface area contributed by atoms with Crippen LogP contribution in [0.15, 0.2) is 35.2 Å². The summed E-state index contributed by atoms with van der Waals surface area (Å²) in [5.41, 5.74) is 3.45. The second-order valence-corrected chi connectivity index (χ2v) is 4.82. The Balaban J connectivity index is 1.82. The molecule has 0 N–H and O–H groups in total. The van der Waals surface area contributed by atoms with Gasteiger partial charge in [-0.1, -0.05) is 0 Å². The fourth-order valence-electron chi connectivity index (χ4n) is 2.58. The highest BCUT2D eigenvalue weighted by Crippen LogP contribution is 2.23. The van der Waals surface area contributed by atoms with E-state index in [1.54, 1.807) is 24.1 Å². The minimum atomic E-state index is -0.0715. The van der Waals surface area contributed by atoms with E-state index in [0.717, 1.165) is 17.5 Å². The average molecular weight is 272 g/mol. The molecule has 1 aliphatic heterocycles. The van der Waals surface area contributed by atoms with E-state index in [9.17, 15) is 4.79 Å². The number of fused-ring (bicyclic) bond motifs is 1. The minimum Gasteiger partial charge on any atom is -0.459 e. The van der Waals surface area contributed by atoms with Crippen molar-refractivity contribution in [3.63, 3.8) is 0 Å². The van der Waals surface area contributed by atoms with Crippen LogP contribution in [0.4, 0.5) is 0 Å². The van der Waals surface area contributed by atoms with Gasteiger partial charge in [0.15, 0.2) is 5.76 Å². The van der Waals surface area contributed by atoms with Crippen molar-refractivity contribution >= 4 is 5.91 Å². The molecule has 0 saturated carbocycles. The predicted molar refractivity (Wildman–Crippen MR) is 72.1 cm³/mol. The molecule has 0 fully saturated rings. The molecule has 0 aromatic carbocycles. The summed E-state index contributed by atoms with van der Waals surface area (Å²) in [6.07, 6.45) is 6.01. The van der Waals surface area contributed by atoms with Crippen LogP contribution in [0, 0.1) is 0 Å². The molecule has 1 aliphatic rings. The zero-order valence-electron chi connectivity index (χ0n) is 11.3. The van der Waals surface area contributed by atoms with Gasteiger partial charge >= 0.3 is 0 Å². The SMILES string of the molecule is COCc1cncc2c1CCN(C(=O)c1ccco1)C2. The number of hydrogen-bond acceptors (Lipinski definition) is 4. The van der Waals surface area contributed by atoms with Crippen molar-refractivity contribution < 1.29 is 13.9 Å². The van der Waals surface area contributed by atoms with E-state index in [2.05, 4.69) is 4.98 Å². The maximum Gasteiger partial charge on any atom is 0.289 e. The zero-order chi connectivity index (χ0) is 13.9. The topological polar surface area (TPSA) is 55.6 Å². The number of amides is 1. The van der Waals surface area contributed by atoms with Crippen LogP contribution >= 0.6 is 0 Å². The molecule has 0 aliphatic carbocycles. The number of carbonyl (C=O) groups is 1. The molecule has 104 valence electrons. The third kappa shape index (κ3) is 2.32. The number of nitrogens with zero attached hydrogens (tertiary/aromatic N) is 2. The van der Waals surface area contributed by atoms with Gasteiger partial charge in [0.1, 0.15) is 0 Å². The molecule has 1 amide bonds. The summed E-state index contributed by atoms with van der Waals surface area (Å²) in [7, 11) is 1.68. The molecule has 0 atom stereocenters. The van der Waals surface area contributed by atoms with Crippen LogP contribution in [0.1, 0.15) is 27.2 Å². The summed E-state index contributed by atoms with van der Waals surface area (Å²) < 4.78 is 10.4. The molecular formula is C15H16N2O3. The molecule has 3 heterocycles. The molecule has 2 aromatic heterocycles. The maximum atomic E-state index is 12.3. The number of methoxy groups -OCH3 is 1. The highest BCUT2D eigenvalue weighted by molar-refractivity contribution is 5.91. The number of aromatic nitrogens is 1. The van der Waals surface area contributed by atoms with Crippen LogP contribution in [0.5, 0.6) is 0 Å². The van der Waals surface area contributed by atoms with Gasteiger partial charge in [0.05, 0.1) is 12.9 Å². The Morgan fingerprint density at radius 1 is 1.50 bits per heavy atom. The lowest BCUT2D eigenvalue weighted by Gasteiger charge is -2.29. The normalized spacial score (nSPS) is 14.2. The van der Waals surface area contributed by atoms with Gasteiger partial charge in [-0.2, -0.15) is 0 Å². The average Bonchev–Trinajstić information content (AvgIpc) is 3.01. The van der Waals surface area contributed by atoms with Crippen molar-refractivity contribution in [1.29, 1.82) is 0 Å². The quantitative estimate of drug-likeness (QED) is 0.857. The fourth-order valence-corrected chi connectivity index (χ4v) is 2.58. The van der Waals surface area contributed by atoms with Gasteiger partial charge < -0.3 is 14.1 Å². The molecular weight excluding hydrogens is 256 g/mol. The Bertz CT molecular complexity index is 608. The zero-order valence-corrected chi connectivity index (χ0v) is 11.3. The van der Waals surface area contributed by atoms with Gasteiger partial charge in [-0.05, 0) is 35.2 Å². The lowest BCUT2D eigenvalue weighted by molar-refractivity contribution is 0.0701. The van der Waals surface area contributed by atoms with Crippen LogP contribution in [0.25, 0.3) is 0 Å². The Kier molecular flexibility index (Phi) is 3.52. The van der Waals surface area contributed by atoms with Crippen molar-refractivity contribution in [2.24, 2.45) is 0 Å². The lowest BCUT2D eigenvalue weighted by Crippen LogP contribution is -2.36. The van der Waals surface area contributed by atoms with E-state index in [4.69, 9.17) is 9.15 Å². The Hall–Kier alpha value is -2.14. The Morgan fingerprint density at radius 2 is 2.40 bits per heavy atom. The maximum absolute atomic E-state index is 12.3. The molecule has 5 nitrogen and oxygen atoms in total. The van der Waals surface area contributed by atoms with E-state index >= 15 is 0 Å². The minimum absolute atomic E-state index is 0.0715. The van der Waals surface area contributed by atoms with Crippen molar-refractivity contribution in [1.82, 2.24) is 9.88 Å². The molecule has 0 bridgehead atoms. The van der Waals surface area contributed by atoms with Gasteiger partial charge in [-0.3, -0.25) is 9.78 Å². The van der Waals surface area contributed by atoms with Crippen molar-refractivity contribution in [3.8, 4) is 0 Å². The molecule has 5 heteroatoms. The van der Waals surface area contributed by atoms with Crippen molar-refractivity contribution in [2.45, 2.75) is 19.6 Å². The number of carbonyl (C=O) groups excluding carboxylic acids is 1. The van der Waals surface area contributed by atoms with Crippen LogP contribution in [0.2, 0.25) is 0 Å². The van der Waals surface area contributed by atoms with Gasteiger partial charge in [0, 0.05) is 32.6 Å². The van der Waals surface area contributed by atoms with Gasteiger partial charge in [-0.25, -0.2) is 0 Å². The van der Waals surface area contributed by atoms with Gasteiger partial charge in [0.2, 0.25) is 0 Å². The van der Waals surface area contributed by atoms with Crippen LogP contribution in [-0.2, 0) is 24.3 Å². The number of hydrogen-bond donors (Lipinski definition) is 0. The summed E-state index contributed by atoms with van der Waals surface area (Å²) in [6, 6.07) is 3.42. The van der Waals surface area contributed by atoms with Crippen LogP contribution in [0.3, 0.4) is 0 Å². The molecule has 0 spiro atoms. The molecule has 0 unspecified atom stereocenters. The number of rotatable bonds is 3. The highest BCUT2D eigenvalue weighted by atomic mass is 16.5. The first-order valence-electron chi connectivity index (χ1n) is 6.56. The summed E-state index contributed by atoms with van der Waals surface area (Å²) in [6.45, 7) is 1.81. The molecule has 20 heavy (non-hydrogen) atoms. The smallest absolute Gasteiger partial charge is 0.289 e. The van der Waals surface area contributed by atoms with Crippen molar-refractivity contribution in [3.05, 3.63) is 53.2 Å². The number of pyridine rings is 1. The van der Waals surface area contributed by atoms with Crippen LogP contribution < -0.4 is 0 Å². The predicted octanol–water partition coefficient (Wildman–Crippen LogP) is 2.02. The largest absolute Gasteiger partial charge is 0.459 e. The monoisotopic (exact) mass is 272 g/mol. The second-order valence-electron chi connectivity index (χ2n) is 4.82. The van der Waals surface area contributed by atoms with Gasteiger partial charge in [0.25, 0.3) is 5.91 Å². The van der Waals surface area contributed by atoms with E-state index in [1.165, 1.54) is 11.8 Å². The second kappa shape index (κ2) is 5.46. The Morgan fingerprint density at radius 3 is 3.15 bits per heavy atom. The van der Waals surface area contributed by atoms with E-state index in [0.29, 0.717) is 25.5 Å². The summed E-state index contributed by atoms with van der Waals surface area (Å²) in [5.74, 6) is 0.312. The molecule has 0 radical (unpaired) electrons. The highest BCUT2D eigenvalue weighted by Gasteiger charge is 2.24. The lowest BCUT2D eigenvalue weighted by atomic mass is 9.97.